The Kier molecular flexibility index (Phi) is 5.07. The summed E-state index contributed by atoms with van der Waals surface area (Å²) in [6.07, 6.45) is 2.99. The third-order valence-corrected chi connectivity index (χ3v) is 4.16. The number of hydrogen-bond donors (Lipinski definition) is 3. The van der Waals surface area contributed by atoms with Crippen molar-refractivity contribution >= 4 is 28.9 Å². The van der Waals surface area contributed by atoms with Crippen molar-refractivity contribution in [1.29, 1.82) is 0 Å². The fraction of sp³-hybridized carbons (Fsp3) is 0.238. The van der Waals surface area contributed by atoms with Crippen LogP contribution in [0.4, 0.5) is 21.9 Å². The maximum atomic E-state index is 12.3. The Balaban J connectivity index is 1.72. The molecule has 1 aliphatic carbocycles. The average Bonchev–Trinajstić information content (AvgIpc) is 2.55. The molecule has 134 valence electrons. The first kappa shape index (κ1) is 17.7. The van der Waals surface area contributed by atoms with E-state index in [4.69, 9.17) is 0 Å². The van der Waals surface area contributed by atoms with Gasteiger partial charge in [0.2, 0.25) is 0 Å². The van der Waals surface area contributed by atoms with Crippen molar-refractivity contribution < 1.29 is 9.59 Å². The molecule has 1 aliphatic rings. The zero-order chi connectivity index (χ0) is 18.6. The first-order valence-electron chi connectivity index (χ1n) is 8.64. The lowest BCUT2D eigenvalue weighted by Gasteiger charge is -2.29. The van der Waals surface area contributed by atoms with Crippen LogP contribution in [0, 0.1) is 5.41 Å². The van der Waals surface area contributed by atoms with E-state index < -0.39 is 0 Å². The molecule has 3 N–H and O–H groups in total. The average molecular weight is 349 g/mol. The number of urea groups is 1. The summed E-state index contributed by atoms with van der Waals surface area (Å²) >= 11 is 0. The Bertz CT molecular complexity index is 841. The number of carbonyl (C=O) groups excluding carboxylic acids is 2. The minimum Gasteiger partial charge on any atom is -0.357 e. The van der Waals surface area contributed by atoms with Crippen LogP contribution in [0.3, 0.4) is 0 Å². The van der Waals surface area contributed by atoms with Gasteiger partial charge in [-0.1, -0.05) is 44.2 Å². The molecule has 0 aliphatic heterocycles. The number of allylic oxidation sites excluding steroid dienone is 2. The second kappa shape index (κ2) is 7.44. The molecule has 0 unspecified atom stereocenters. The van der Waals surface area contributed by atoms with Crippen LogP contribution in [-0.4, -0.2) is 11.8 Å². The number of amides is 2. The first-order valence-corrected chi connectivity index (χ1v) is 8.64. The van der Waals surface area contributed by atoms with Crippen molar-refractivity contribution in [2.24, 2.45) is 5.41 Å². The third-order valence-electron chi connectivity index (χ3n) is 4.16. The molecule has 5 heteroatoms. The predicted molar refractivity (Wildman–Crippen MR) is 105 cm³/mol. The van der Waals surface area contributed by atoms with Crippen molar-refractivity contribution in [3.8, 4) is 0 Å². The molecule has 0 fully saturated rings. The molecule has 0 atom stereocenters. The fourth-order valence-electron chi connectivity index (χ4n) is 3.11. The van der Waals surface area contributed by atoms with Gasteiger partial charge >= 0.3 is 6.03 Å². The summed E-state index contributed by atoms with van der Waals surface area (Å²) in [6.45, 7) is 4.16. The van der Waals surface area contributed by atoms with Gasteiger partial charge in [-0.3, -0.25) is 4.79 Å². The van der Waals surface area contributed by atoms with Crippen LogP contribution in [0.5, 0.6) is 0 Å². The van der Waals surface area contributed by atoms with Crippen LogP contribution in [0.15, 0.2) is 66.4 Å². The van der Waals surface area contributed by atoms with Crippen LogP contribution >= 0.6 is 0 Å². The summed E-state index contributed by atoms with van der Waals surface area (Å²) in [5.74, 6) is 0.121. The van der Waals surface area contributed by atoms with Gasteiger partial charge in [-0.25, -0.2) is 4.79 Å². The van der Waals surface area contributed by atoms with E-state index in [0.29, 0.717) is 12.1 Å². The second-order valence-electron chi connectivity index (χ2n) is 7.27. The molecule has 0 spiro atoms. The number of nitrogens with one attached hydrogen (secondary N) is 3. The number of benzene rings is 2. The van der Waals surface area contributed by atoms with Gasteiger partial charge in [-0.2, -0.15) is 0 Å². The lowest BCUT2D eigenvalue weighted by atomic mass is 9.79. The minimum absolute atomic E-state index is 0.0682. The van der Waals surface area contributed by atoms with Crippen molar-refractivity contribution in [2.45, 2.75) is 26.7 Å². The Morgan fingerprint density at radius 2 is 1.54 bits per heavy atom. The van der Waals surface area contributed by atoms with Crippen molar-refractivity contribution in [3.63, 3.8) is 0 Å². The van der Waals surface area contributed by atoms with Gasteiger partial charge in [-0.15, -0.1) is 0 Å². The molecule has 2 aromatic carbocycles. The van der Waals surface area contributed by atoms with E-state index in [-0.39, 0.29) is 17.2 Å². The zero-order valence-electron chi connectivity index (χ0n) is 15.0. The van der Waals surface area contributed by atoms with Gasteiger partial charge in [0.15, 0.2) is 5.78 Å². The quantitative estimate of drug-likeness (QED) is 0.726. The van der Waals surface area contributed by atoms with Crippen molar-refractivity contribution in [1.82, 2.24) is 0 Å². The van der Waals surface area contributed by atoms with Crippen molar-refractivity contribution in [2.75, 3.05) is 16.0 Å². The molecular weight excluding hydrogens is 326 g/mol. The lowest BCUT2D eigenvalue weighted by Crippen LogP contribution is -2.25. The van der Waals surface area contributed by atoms with E-state index in [1.165, 1.54) is 0 Å². The molecule has 0 saturated heterocycles. The zero-order valence-corrected chi connectivity index (χ0v) is 15.0. The number of anilines is 3. The predicted octanol–water partition coefficient (Wildman–Crippen LogP) is 5.02. The van der Waals surface area contributed by atoms with Gasteiger partial charge < -0.3 is 16.0 Å². The second-order valence-corrected chi connectivity index (χ2v) is 7.27. The molecule has 3 rings (SSSR count). The van der Waals surface area contributed by atoms with E-state index in [9.17, 15) is 9.59 Å². The maximum Gasteiger partial charge on any atom is 0.323 e. The Labute approximate surface area is 153 Å². The highest BCUT2D eigenvalue weighted by Crippen LogP contribution is 2.35. The van der Waals surface area contributed by atoms with Crippen LogP contribution in [0.25, 0.3) is 0 Å². The van der Waals surface area contributed by atoms with E-state index >= 15 is 0 Å². The summed E-state index contributed by atoms with van der Waals surface area (Å²) in [5.41, 5.74) is 2.92. The highest BCUT2D eigenvalue weighted by molar-refractivity contribution is 6.02. The largest absolute Gasteiger partial charge is 0.357 e. The van der Waals surface area contributed by atoms with Gasteiger partial charge in [0.25, 0.3) is 0 Å². The van der Waals surface area contributed by atoms with Gasteiger partial charge in [-0.05, 0) is 36.1 Å². The van der Waals surface area contributed by atoms with Gasteiger partial charge in [0.1, 0.15) is 0 Å². The molecule has 0 aromatic heterocycles. The van der Waals surface area contributed by atoms with Crippen molar-refractivity contribution in [3.05, 3.63) is 66.4 Å². The van der Waals surface area contributed by atoms with Crippen LogP contribution in [0.2, 0.25) is 0 Å². The number of hydrogen-bond acceptors (Lipinski definition) is 3. The van der Waals surface area contributed by atoms with Gasteiger partial charge in [0, 0.05) is 23.9 Å². The highest BCUT2D eigenvalue weighted by atomic mass is 16.2. The summed E-state index contributed by atoms with van der Waals surface area (Å²) < 4.78 is 0. The third kappa shape index (κ3) is 4.72. The Morgan fingerprint density at radius 3 is 2.23 bits per heavy atom. The number of ketones is 1. The minimum atomic E-state index is -0.320. The van der Waals surface area contributed by atoms with E-state index in [1.54, 1.807) is 6.08 Å². The molecule has 0 heterocycles. The molecule has 0 saturated carbocycles. The maximum absolute atomic E-state index is 12.3. The van der Waals surface area contributed by atoms with Gasteiger partial charge in [0.05, 0.1) is 11.4 Å². The van der Waals surface area contributed by atoms with Crippen LogP contribution in [0.1, 0.15) is 26.7 Å². The summed E-state index contributed by atoms with van der Waals surface area (Å²) in [6, 6.07) is 16.4. The number of rotatable bonds is 4. The normalized spacial score (nSPS) is 15.8. The summed E-state index contributed by atoms with van der Waals surface area (Å²) in [5, 5.41) is 8.95. The molecule has 5 nitrogen and oxygen atoms in total. The first-order chi connectivity index (χ1) is 12.4. The molecular formula is C21H23N3O2. The molecule has 26 heavy (non-hydrogen) atoms. The standard InChI is InChI=1S/C21H23N3O2/c1-21(2)13-16(12-17(25)14-21)22-18-10-6-7-11-19(18)24-20(26)23-15-8-4-3-5-9-15/h3-12,22H,13-14H2,1-2H3,(H2,23,24,26). The lowest BCUT2D eigenvalue weighted by molar-refractivity contribution is -0.117. The monoisotopic (exact) mass is 349 g/mol. The fourth-order valence-corrected chi connectivity index (χ4v) is 3.11. The van der Waals surface area contributed by atoms with Crippen LogP contribution < -0.4 is 16.0 Å². The van der Waals surface area contributed by atoms with E-state index in [0.717, 1.165) is 23.5 Å². The number of para-hydroxylation sites is 3. The van der Waals surface area contributed by atoms with E-state index in [2.05, 4.69) is 29.8 Å². The smallest absolute Gasteiger partial charge is 0.323 e. The van der Waals surface area contributed by atoms with E-state index in [1.807, 2.05) is 54.6 Å². The topological polar surface area (TPSA) is 70.2 Å². The SMILES string of the molecule is CC1(C)CC(=O)C=C(Nc2ccccc2NC(=O)Nc2ccccc2)C1. The Hall–Kier alpha value is -3.08. The highest BCUT2D eigenvalue weighted by Gasteiger charge is 2.27. The summed E-state index contributed by atoms with van der Waals surface area (Å²) in [7, 11) is 0. The molecule has 2 amide bonds. The molecule has 2 aromatic rings. The Morgan fingerprint density at radius 1 is 0.885 bits per heavy atom. The van der Waals surface area contributed by atoms with Crippen LogP contribution in [-0.2, 0) is 4.79 Å². The number of carbonyl (C=O) groups is 2. The summed E-state index contributed by atoms with van der Waals surface area (Å²) in [4.78, 5) is 24.2. The molecule has 0 bridgehead atoms. The molecule has 0 radical (unpaired) electrons.